The summed E-state index contributed by atoms with van der Waals surface area (Å²) < 4.78 is 13.7. The number of nitrogens with zero attached hydrogens (tertiary/aromatic N) is 1. The molecule has 2 rings (SSSR count). The fourth-order valence-corrected chi connectivity index (χ4v) is 1.98. The number of H-pyrrole nitrogens is 1. The zero-order valence-corrected chi connectivity index (χ0v) is 10.7. The van der Waals surface area contributed by atoms with Gasteiger partial charge in [-0.2, -0.15) is 0 Å². The first-order valence-corrected chi connectivity index (χ1v) is 6.20. The lowest BCUT2D eigenvalue weighted by atomic mass is 9.93. The minimum atomic E-state index is -0.469. The van der Waals surface area contributed by atoms with E-state index in [1.165, 1.54) is 6.07 Å². The Morgan fingerprint density at radius 2 is 1.94 bits per heavy atom. The van der Waals surface area contributed by atoms with Crippen molar-refractivity contribution in [3.63, 3.8) is 0 Å². The topological polar surface area (TPSA) is 54.7 Å². The SMILES string of the molecule is CCC(N)(CC)c1ncc(-c2ccccc2F)[nH]1. The average Bonchev–Trinajstić information content (AvgIpc) is 2.88. The number of aromatic nitrogens is 2. The van der Waals surface area contributed by atoms with Gasteiger partial charge in [0, 0.05) is 5.56 Å². The van der Waals surface area contributed by atoms with Crippen LogP contribution in [0.4, 0.5) is 4.39 Å². The molecule has 1 aromatic carbocycles. The van der Waals surface area contributed by atoms with Gasteiger partial charge in [-0.25, -0.2) is 9.37 Å². The molecule has 0 aliphatic carbocycles. The van der Waals surface area contributed by atoms with E-state index in [9.17, 15) is 4.39 Å². The summed E-state index contributed by atoms with van der Waals surface area (Å²) in [7, 11) is 0. The minimum Gasteiger partial charge on any atom is -0.340 e. The second-order valence-corrected chi connectivity index (χ2v) is 4.49. The summed E-state index contributed by atoms with van der Waals surface area (Å²) in [4.78, 5) is 7.44. The van der Waals surface area contributed by atoms with E-state index in [0.717, 1.165) is 12.8 Å². The number of halogens is 1. The van der Waals surface area contributed by atoms with Crippen molar-refractivity contribution in [1.29, 1.82) is 0 Å². The highest BCUT2D eigenvalue weighted by Gasteiger charge is 2.26. The first-order chi connectivity index (χ1) is 8.60. The van der Waals surface area contributed by atoms with Crippen LogP contribution in [0.1, 0.15) is 32.5 Å². The van der Waals surface area contributed by atoms with Crippen molar-refractivity contribution < 1.29 is 4.39 Å². The van der Waals surface area contributed by atoms with Crippen molar-refractivity contribution in [2.75, 3.05) is 0 Å². The predicted molar refractivity (Wildman–Crippen MR) is 70.4 cm³/mol. The predicted octanol–water partition coefficient (Wildman–Crippen LogP) is 3.19. The van der Waals surface area contributed by atoms with Crippen LogP contribution < -0.4 is 5.73 Å². The van der Waals surface area contributed by atoms with Crippen LogP contribution in [0.3, 0.4) is 0 Å². The van der Waals surface area contributed by atoms with Gasteiger partial charge in [0.1, 0.15) is 11.6 Å². The average molecular weight is 247 g/mol. The van der Waals surface area contributed by atoms with E-state index in [1.807, 2.05) is 13.8 Å². The van der Waals surface area contributed by atoms with Gasteiger partial charge >= 0.3 is 0 Å². The number of rotatable bonds is 4. The van der Waals surface area contributed by atoms with E-state index < -0.39 is 5.54 Å². The number of aromatic amines is 1. The first-order valence-electron chi connectivity index (χ1n) is 6.20. The molecule has 0 aliphatic heterocycles. The Morgan fingerprint density at radius 1 is 1.28 bits per heavy atom. The molecule has 0 fully saturated rings. The maximum atomic E-state index is 13.7. The van der Waals surface area contributed by atoms with Crippen LogP contribution in [0.2, 0.25) is 0 Å². The molecule has 3 N–H and O–H groups in total. The zero-order valence-electron chi connectivity index (χ0n) is 10.7. The highest BCUT2D eigenvalue weighted by Crippen LogP contribution is 2.26. The molecule has 0 unspecified atom stereocenters. The molecular formula is C14H18FN3. The van der Waals surface area contributed by atoms with E-state index in [4.69, 9.17) is 5.73 Å². The third-order valence-electron chi connectivity index (χ3n) is 3.47. The van der Waals surface area contributed by atoms with Crippen molar-refractivity contribution in [2.24, 2.45) is 5.73 Å². The van der Waals surface area contributed by atoms with Gasteiger partial charge in [-0.15, -0.1) is 0 Å². The van der Waals surface area contributed by atoms with Gasteiger partial charge in [0.15, 0.2) is 0 Å². The third-order valence-corrected chi connectivity index (χ3v) is 3.47. The molecule has 18 heavy (non-hydrogen) atoms. The Kier molecular flexibility index (Phi) is 3.48. The quantitative estimate of drug-likeness (QED) is 0.871. The zero-order chi connectivity index (χ0) is 13.2. The molecule has 3 nitrogen and oxygen atoms in total. The molecule has 0 amide bonds. The van der Waals surface area contributed by atoms with Gasteiger partial charge < -0.3 is 10.7 Å². The first kappa shape index (κ1) is 12.8. The Balaban J connectivity index is 2.40. The second-order valence-electron chi connectivity index (χ2n) is 4.49. The molecule has 96 valence electrons. The summed E-state index contributed by atoms with van der Waals surface area (Å²) >= 11 is 0. The largest absolute Gasteiger partial charge is 0.340 e. The molecule has 4 heteroatoms. The molecule has 0 saturated heterocycles. The van der Waals surface area contributed by atoms with Crippen molar-refractivity contribution in [3.05, 3.63) is 42.1 Å². The Hall–Kier alpha value is -1.68. The fraction of sp³-hybridized carbons (Fsp3) is 0.357. The monoisotopic (exact) mass is 247 g/mol. The van der Waals surface area contributed by atoms with Gasteiger partial charge in [0.05, 0.1) is 17.4 Å². The van der Waals surface area contributed by atoms with Crippen LogP contribution in [0.5, 0.6) is 0 Å². The number of benzene rings is 1. The van der Waals surface area contributed by atoms with Crippen molar-refractivity contribution in [2.45, 2.75) is 32.2 Å². The lowest BCUT2D eigenvalue weighted by Gasteiger charge is -2.23. The van der Waals surface area contributed by atoms with Crippen LogP contribution in [-0.2, 0) is 5.54 Å². The molecule has 1 heterocycles. The van der Waals surface area contributed by atoms with Crippen molar-refractivity contribution in [3.8, 4) is 11.3 Å². The molecule has 0 aliphatic rings. The molecule has 2 aromatic rings. The van der Waals surface area contributed by atoms with E-state index >= 15 is 0 Å². The molecular weight excluding hydrogens is 229 g/mol. The number of hydrogen-bond acceptors (Lipinski definition) is 2. The molecule has 0 saturated carbocycles. The van der Waals surface area contributed by atoms with Crippen molar-refractivity contribution >= 4 is 0 Å². The Bertz CT molecular complexity index is 529. The second kappa shape index (κ2) is 4.90. The van der Waals surface area contributed by atoms with Crippen molar-refractivity contribution in [1.82, 2.24) is 9.97 Å². The molecule has 0 atom stereocenters. The molecule has 1 aromatic heterocycles. The van der Waals surface area contributed by atoms with Crippen LogP contribution in [0.15, 0.2) is 30.5 Å². The van der Waals surface area contributed by atoms with Gasteiger partial charge in [-0.05, 0) is 25.0 Å². The maximum absolute atomic E-state index is 13.7. The lowest BCUT2D eigenvalue weighted by Crippen LogP contribution is -2.36. The highest BCUT2D eigenvalue weighted by molar-refractivity contribution is 5.59. The van der Waals surface area contributed by atoms with E-state index in [1.54, 1.807) is 24.4 Å². The summed E-state index contributed by atoms with van der Waals surface area (Å²) in [5.41, 5.74) is 6.98. The van der Waals surface area contributed by atoms with Crippen LogP contribution in [0.25, 0.3) is 11.3 Å². The fourth-order valence-electron chi connectivity index (χ4n) is 1.98. The summed E-state index contributed by atoms with van der Waals surface area (Å²) in [5, 5.41) is 0. The molecule has 0 radical (unpaired) electrons. The van der Waals surface area contributed by atoms with Gasteiger partial charge in [0.25, 0.3) is 0 Å². The smallest absolute Gasteiger partial charge is 0.132 e. The van der Waals surface area contributed by atoms with Crippen LogP contribution >= 0.6 is 0 Å². The van der Waals surface area contributed by atoms with E-state index in [0.29, 0.717) is 17.1 Å². The maximum Gasteiger partial charge on any atom is 0.132 e. The number of nitrogens with two attached hydrogens (primary N) is 1. The summed E-state index contributed by atoms with van der Waals surface area (Å²) in [6.07, 6.45) is 3.21. The van der Waals surface area contributed by atoms with Gasteiger partial charge in [-0.1, -0.05) is 26.0 Å². The van der Waals surface area contributed by atoms with E-state index in [-0.39, 0.29) is 5.82 Å². The summed E-state index contributed by atoms with van der Waals surface area (Å²) in [5.74, 6) is 0.453. The standard InChI is InChI=1S/C14H18FN3/c1-3-14(16,4-2)13-17-9-12(18-13)10-7-5-6-8-11(10)15/h5-9H,3-4,16H2,1-2H3,(H,17,18). The Morgan fingerprint density at radius 3 is 2.56 bits per heavy atom. The third kappa shape index (κ3) is 2.16. The molecule has 0 bridgehead atoms. The lowest BCUT2D eigenvalue weighted by molar-refractivity contribution is 0.391. The summed E-state index contributed by atoms with van der Waals surface area (Å²) in [6, 6.07) is 6.63. The van der Waals surface area contributed by atoms with Crippen LogP contribution in [0, 0.1) is 5.82 Å². The number of imidazole rings is 1. The van der Waals surface area contributed by atoms with Gasteiger partial charge in [-0.3, -0.25) is 0 Å². The van der Waals surface area contributed by atoms with Gasteiger partial charge in [0.2, 0.25) is 0 Å². The van der Waals surface area contributed by atoms with E-state index in [2.05, 4.69) is 9.97 Å². The van der Waals surface area contributed by atoms with Crippen LogP contribution in [-0.4, -0.2) is 9.97 Å². The molecule has 0 spiro atoms. The number of nitrogens with one attached hydrogen (secondary N) is 1. The highest BCUT2D eigenvalue weighted by atomic mass is 19.1. The Labute approximate surface area is 106 Å². The summed E-state index contributed by atoms with van der Waals surface area (Å²) in [6.45, 7) is 4.05. The normalized spacial score (nSPS) is 11.8. The number of hydrogen-bond donors (Lipinski definition) is 2. The minimum absolute atomic E-state index is 0.261.